The molecule has 0 aromatic heterocycles. The molecule has 0 radical (unpaired) electrons. The first-order valence-electron chi connectivity index (χ1n) is 8.90. The number of carbonyl (C=O) groups excluding carboxylic acids is 2. The lowest BCUT2D eigenvalue weighted by Gasteiger charge is -2.23. The van der Waals surface area contributed by atoms with Crippen molar-refractivity contribution >= 4 is 11.9 Å². The Bertz CT molecular complexity index is 639. The average molecular weight is 347 g/mol. The van der Waals surface area contributed by atoms with E-state index in [1.165, 1.54) is 0 Å². The number of amides is 1. The number of ether oxygens (including phenoxy) is 3. The van der Waals surface area contributed by atoms with Gasteiger partial charge >= 0.3 is 5.97 Å². The molecular formula is C19H25NO5. The quantitative estimate of drug-likeness (QED) is 0.801. The van der Waals surface area contributed by atoms with Gasteiger partial charge in [-0.25, -0.2) is 0 Å². The van der Waals surface area contributed by atoms with Crippen LogP contribution < -0.4 is 14.8 Å². The molecule has 6 nitrogen and oxygen atoms in total. The number of nitrogens with one attached hydrogen (secondary N) is 1. The van der Waals surface area contributed by atoms with Crippen LogP contribution in [0.15, 0.2) is 18.2 Å². The molecule has 25 heavy (non-hydrogen) atoms. The zero-order valence-corrected chi connectivity index (χ0v) is 14.7. The predicted molar refractivity (Wildman–Crippen MR) is 91.5 cm³/mol. The summed E-state index contributed by atoms with van der Waals surface area (Å²) >= 11 is 0. The summed E-state index contributed by atoms with van der Waals surface area (Å²) in [5.74, 6) is 1.04. The van der Waals surface area contributed by atoms with Crippen LogP contribution in [0, 0.1) is 11.8 Å². The molecule has 2 aliphatic rings. The SMILES string of the molecule is CC(C)[C@@H](NC(=O)COC(=O)C1CC1)c1ccc2c(c1)OCCCO2. The van der Waals surface area contributed by atoms with Crippen molar-refractivity contribution < 1.29 is 23.8 Å². The molecule has 1 aromatic rings. The van der Waals surface area contributed by atoms with Crippen LogP contribution in [0.1, 0.15) is 44.7 Å². The van der Waals surface area contributed by atoms with Crippen molar-refractivity contribution in [2.24, 2.45) is 11.8 Å². The number of hydrogen-bond acceptors (Lipinski definition) is 5. The van der Waals surface area contributed by atoms with Crippen molar-refractivity contribution in [1.29, 1.82) is 0 Å². The van der Waals surface area contributed by atoms with Gasteiger partial charge in [0, 0.05) is 6.42 Å². The Hall–Kier alpha value is -2.24. The maximum atomic E-state index is 12.2. The summed E-state index contributed by atoms with van der Waals surface area (Å²) in [7, 11) is 0. The summed E-state index contributed by atoms with van der Waals surface area (Å²) in [5.41, 5.74) is 0.945. The Morgan fingerprint density at radius 1 is 1.20 bits per heavy atom. The van der Waals surface area contributed by atoms with Crippen LogP contribution in [0.25, 0.3) is 0 Å². The van der Waals surface area contributed by atoms with Crippen LogP contribution in [0.2, 0.25) is 0 Å². The zero-order valence-electron chi connectivity index (χ0n) is 14.7. The molecule has 1 fully saturated rings. The maximum Gasteiger partial charge on any atom is 0.309 e. The van der Waals surface area contributed by atoms with Crippen LogP contribution in [0.4, 0.5) is 0 Å². The van der Waals surface area contributed by atoms with Crippen molar-refractivity contribution in [1.82, 2.24) is 5.32 Å². The molecule has 0 unspecified atom stereocenters. The van der Waals surface area contributed by atoms with Gasteiger partial charge < -0.3 is 19.5 Å². The molecule has 1 aliphatic heterocycles. The van der Waals surface area contributed by atoms with E-state index < -0.39 is 0 Å². The zero-order chi connectivity index (χ0) is 17.8. The molecule has 136 valence electrons. The van der Waals surface area contributed by atoms with Gasteiger partial charge in [-0.1, -0.05) is 19.9 Å². The largest absolute Gasteiger partial charge is 0.490 e. The minimum Gasteiger partial charge on any atom is -0.490 e. The number of carbonyl (C=O) groups is 2. The van der Waals surface area contributed by atoms with E-state index in [2.05, 4.69) is 5.32 Å². The first-order valence-corrected chi connectivity index (χ1v) is 8.90. The fourth-order valence-corrected chi connectivity index (χ4v) is 2.80. The molecule has 3 rings (SSSR count). The third kappa shape index (κ3) is 4.65. The van der Waals surface area contributed by atoms with E-state index in [0.717, 1.165) is 30.6 Å². The monoisotopic (exact) mass is 347 g/mol. The Balaban J connectivity index is 1.64. The number of rotatable bonds is 6. The third-order valence-corrected chi connectivity index (χ3v) is 4.37. The Kier molecular flexibility index (Phi) is 5.46. The number of esters is 1. The Morgan fingerprint density at radius 3 is 2.60 bits per heavy atom. The van der Waals surface area contributed by atoms with Crippen LogP contribution in [0.3, 0.4) is 0 Å². The van der Waals surface area contributed by atoms with Gasteiger partial charge in [-0.2, -0.15) is 0 Å². The molecule has 1 saturated carbocycles. The molecule has 1 aliphatic carbocycles. The van der Waals surface area contributed by atoms with Gasteiger partial charge in [0.2, 0.25) is 0 Å². The van der Waals surface area contributed by atoms with Crippen molar-refractivity contribution in [3.63, 3.8) is 0 Å². The summed E-state index contributed by atoms with van der Waals surface area (Å²) in [6.07, 6.45) is 2.58. The van der Waals surface area contributed by atoms with E-state index in [9.17, 15) is 9.59 Å². The predicted octanol–water partition coefficient (Wildman–Crippen LogP) is 2.61. The summed E-state index contributed by atoms with van der Waals surface area (Å²) in [6, 6.07) is 5.55. The van der Waals surface area contributed by atoms with Crippen LogP contribution in [0.5, 0.6) is 11.5 Å². The highest BCUT2D eigenvalue weighted by atomic mass is 16.5. The summed E-state index contributed by atoms with van der Waals surface area (Å²) in [5, 5.41) is 2.96. The molecule has 0 spiro atoms. The van der Waals surface area contributed by atoms with E-state index in [0.29, 0.717) is 19.0 Å². The van der Waals surface area contributed by atoms with Crippen LogP contribution in [-0.2, 0) is 14.3 Å². The highest BCUT2D eigenvalue weighted by Crippen LogP contribution is 2.34. The van der Waals surface area contributed by atoms with E-state index in [1.54, 1.807) is 0 Å². The van der Waals surface area contributed by atoms with E-state index in [-0.39, 0.29) is 36.4 Å². The second-order valence-electron chi connectivity index (χ2n) is 6.93. The second kappa shape index (κ2) is 7.76. The lowest BCUT2D eigenvalue weighted by Crippen LogP contribution is -2.35. The number of fused-ring (bicyclic) bond motifs is 1. The molecule has 0 bridgehead atoms. The van der Waals surface area contributed by atoms with Crippen molar-refractivity contribution in [2.45, 2.75) is 39.2 Å². The fraction of sp³-hybridized carbons (Fsp3) is 0.579. The van der Waals surface area contributed by atoms with Crippen LogP contribution >= 0.6 is 0 Å². The molecule has 1 amide bonds. The highest BCUT2D eigenvalue weighted by molar-refractivity contribution is 5.82. The van der Waals surface area contributed by atoms with Crippen molar-refractivity contribution in [3.05, 3.63) is 23.8 Å². The smallest absolute Gasteiger partial charge is 0.309 e. The molecule has 1 N–H and O–H groups in total. The fourth-order valence-electron chi connectivity index (χ4n) is 2.80. The first kappa shape index (κ1) is 17.6. The lowest BCUT2D eigenvalue weighted by atomic mass is 9.95. The van der Waals surface area contributed by atoms with Crippen molar-refractivity contribution in [2.75, 3.05) is 19.8 Å². The lowest BCUT2D eigenvalue weighted by molar-refractivity contribution is -0.150. The minimum absolute atomic E-state index is 0.00424. The topological polar surface area (TPSA) is 73.9 Å². The van der Waals surface area contributed by atoms with Gasteiger partial charge in [-0.15, -0.1) is 0 Å². The number of hydrogen-bond donors (Lipinski definition) is 1. The Morgan fingerprint density at radius 2 is 1.92 bits per heavy atom. The van der Waals surface area contributed by atoms with Gasteiger partial charge in [-0.3, -0.25) is 9.59 Å². The van der Waals surface area contributed by atoms with E-state index in [1.807, 2.05) is 32.0 Å². The van der Waals surface area contributed by atoms with Crippen LogP contribution in [-0.4, -0.2) is 31.7 Å². The Labute approximate surface area is 147 Å². The van der Waals surface area contributed by atoms with Crippen molar-refractivity contribution in [3.8, 4) is 11.5 Å². The second-order valence-corrected chi connectivity index (χ2v) is 6.93. The molecule has 1 aromatic carbocycles. The average Bonchev–Trinajstić information content (AvgIpc) is 3.43. The first-order chi connectivity index (χ1) is 12.0. The standard InChI is InChI=1S/C19H25NO5/c1-12(2)18(20-17(21)11-25-19(22)13-4-5-13)14-6-7-15-16(10-14)24-9-3-8-23-15/h6-7,10,12-13,18H,3-5,8-9,11H2,1-2H3,(H,20,21)/t18-/m1/s1. The minimum atomic E-state index is -0.292. The van der Waals surface area contributed by atoms with E-state index >= 15 is 0 Å². The van der Waals surface area contributed by atoms with E-state index in [4.69, 9.17) is 14.2 Å². The van der Waals surface area contributed by atoms with Gasteiger partial charge in [-0.05, 0) is 36.5 Å². The maximum absolute atomic E-state index is 12.2. The summed E-state index contributed by atoms with van der Waals surface area (Å²) in [4.78, 5) is 23.7. The van der Waals surface area contributed by atoms with Gasteiger partial charge in [0.15, 0.2) is 18.1 Å². The normalized spacial score (nSPS) is 17.6. The molecular weight excluding hydrogens is 322 g/mol. The molecule has 1 heterocycles. The third-order valence-electron chi connectivity index (χ3n) is 4.37. The molecule has 1 atom stereocenters. The van der Waals surface area contributed by atoms with Gasteiger partial charge in [0.1, 0.15) is 0 Å². The summed E-state index contributed by atoms with van der Waals surface area (Å²) in [6.45, 7) is 5.09. The highest BCUT2D eigenvalue weighted by Gasteiger charge is 2.31. The number of benzene rings is 1. The van der Waals surface area contributed by atoms with Gasteiger partial charge in [0.05, 0.1) is 25.2 Å². The summed E-state index contributed by atoms with van der Waals surface area (Å²) < 4.78 is 16.4. The van der Waals surface area contributed by atoms with Gasteiger partial charge in [0.25, 0.3) is 5.91 Å². The molecule has 0 saturated heterocycles. The molecule has 6 heteroatoms.